The number of nitrogens with zero attached hydrogens (tertiary/aromatic N) is 3. The number of aryl methyl sites for hydroxylation is 1. The third-order valence-electron chi connectivity index (χ3n) is 5.33. The van der Waals surface area contributed by atoms with Crippen LogP contribution in [-0.2, 0) is 9.79 Å². The van der Waals surface area contributed by atoms with Crippen molar-refractivity contribution in [2.75, 3.05) is 20.6 Å². The average molecular weight is 435 g/mol. The first-order valence-corrected chi connectivity index (χ1v) is 10.4. The van der Waals surface area contributed by atoms with Crippen molar-refractivity contribution in [1.29, 1.82) is 0 Å². The molecule has 0 fully saturated rings. The van der Waals surface area contributed by atoms with E-state index >= 15 is 0 Å². The Morgan fingerprint density at radius 2 is 1.97 bits per heavy atom. The minimum absolute atomic E-state index is 0.0332. The van der Waals surface area contributed by atoms with Crippen LogP contribution in [0.3, 0.4) is 0 Å². The van der Waals surface area contributed by atoms with Gasteiger partial charge in [0.2, 0.25) is 5.78 Å². The highest BCUT2D eigenvalue weighted by Crippen LogP contribution is 2.42. The van der Waals surface area contributed by atoms with E-state index in [-0.39, 0.29) is 11.6 Å². The Balaban J connectivity index is 1.65. The summed E-state index contributed by atoms with van der Waals surface area (Å²) in [6.07, 6.45) is 5.25. The number of rotatable bonds is 7. The maximum atomic E-state index is 12.8. The van der Waals surface area contributed by atoms with Gasteiger partial charge < -0.3 is 9.88 Å². The van der Waals surface area contributed by atoms with Crippen LogP contribution in [0, 0.1) is 6.92 Å². The maximum Gasteiger partial charge on any atom is 0.227 e. The molecule has 0 amide bonds. The molecule has 4 rings (SSSR count). The fraction of sp³-hybridized carbons (Fsp3) is 0.250. The van der Waals surface area contributed by atoms with E-state index < -0.39 is 5.00 Å². The molecule has 2 aromatic heterocycles. The predicted octanol–water partition coefficient (Wildman–Crippen LogP) is 4.03. The zero-order valence-electron chi connectivity index (χ0n) is 17.6. The largest absolute Gasteiger partial charge is 0.352 e. The summed E-state index contributed by atoms with van der Waals surface area (Å²) >= 11 is 6.86. The van der Waals surface area contributed by atoms with Gasteiger partial charge in [-0.05, 0) is 56.9 Å². The van der Waals surface area contributed by atoms with Crippen molar-refractivity contribution in [3.8, 4) is 0 Å². The lowest BCUT2D eigenvalue weighted by Gasteiger charge is -2.23. The molecule has 0 aliphatic carbocycles. The molecule has 1 aliphatic heterocycles. The van der Waals surface area contributed by atoms with Crippen molar-refractivity contribution >= 4 is 40.3 Å². The number of carbonyl (C=O) groups is 2. The highest BCUT2D eigenvalue weighted by Gasteiger charge is 2.39. The fourth-order valence-corrected chi connectivity index (χ4v) is 3.96. The number of H-pyrrole nitrogens is 1. The number of fused-ring (bicyclic) bond motifs is 1. The van der Waals surface area contributed by atoms with E-state index in [2.05, 4.69) is 15.0 Å². The zero-order valence-corrected chi connectivity index (χ0v) is 18.4. The smallest absolute Gasteiger partial charge is 0.227 e. The van der Waals surface area contributed by atoms with Gasteiger partial charge in [-0.3, -0.25) is 19.6 Å². The van der Waals surface area contributed by atoms with Gasteiger partial charge in [0.25, 0.3) is 0 Å². The first kappa shape index (κ1) is 21.2. The van der Waals surface area contributed by atoms with Crippen molar-refractivity contribution in [3.05, 3.63) is 76.8 Å². The molecule has 0 radical (unpaired) electrons. The van der Waals surface area contributed by atoms with Gasteiger partial charge in [0.1, 0.15) is 5.69 Å². The number of allylic oxidation sites excluding steroid dienone is 1. The molecule has 0 bridgehead atoms. The highest BCUT2D eigenvalue weighted by atomic mass is 35.5. The van der Waals surface area contributed by atoms with Crippen LogP contribution < -0.4 is 0 Å². The van der Waals surface area contributed by atoms with Gasteiger partial charge in [0, 0.05) is 47.4 Å². The summed E-state index contributed by atoms with van der Waals surface area (Å²) in [5.74, 6) is -0.213. The topological polar surface area (TPSA) is 78.4 Å². The minimum Gasteiger partial charge on any atom is -0.352 e. The van der Waals surface area contributed by atoms with Crippen LogP contribution in [0.1, 0.15) is 33.7 Å². The van der Waals surface area contributed by atoms with E-state index in [0.717, 1.165) is 16.5 Å². The summed E-state index contributed by atoms with van der Waals surface area (Å²) < 4.78 is 0. The van der Waals surface area contributed by atoms with E-state index in [1.165, 1.54) is 0 Å². The first-order valence-electron chi connectivity index (χ1n) is 10.0. The van der Waals surface area contributed by atoms with E-state index in [9.17, 15) is 9.59 Å². The number of ketones is 2. The van der Waals surface area contributed by atoms with E-state index in [4.69, 9.17) is 11.6 Å². The van der Waals surface area contributed by atoms with Gasteiger partial charge in [-0.2, -0.15) is 0 Å². The maximum absolute atomic E-state index is 12.8. The number of Topliss-reactive ketones (excluding diaryl/α,β-unsaturated/α-hetero) is 1. The van der Waals surface area contributed by atoms with E-state index in [0.29, 0.717) is 35.5 Å². The Hall–Kier alpha value is -3.09. The van der Waals surface area contributed by atoms with Crippen LogP contribution in [0.2, 0.25) is 0 Å². The van der Waals surface area contributed by atoms with Gasteiger partial charge in [-0.15, -0.1) is 0 Å². The van der Waals surface area contributed by atoms with Crippen LogP contribution in [0.4, 0.5) is 0 Å². The molecule has 0 saturated carbocycles. The SMILES string of the molecule is Cc1ccnc(C(=O)c2cc3ccc(C4(Cl)N=CC=C4C(=O)CCN(C)C)cc3[nH]2)c1. The summed E-state index contributed by atoms with van der Waals surface area (Å²) in [5.41, 5.74) is 3.68. The van der Waals surface area contributed by atoms with Gasteiger partial charge in [-0.1, -0.05) is 23.7 Å². The fourth-order valence-electron chi connectivity index (χ4n) is 3.62. The van der Waals surface area contributed by atoms with Crippen molar-refractivity contribution in [2.24, 2.45) is 4.99 Å². The van der Waals surface area contributed by atoms with Crippen molar-refractivity contribution in [1.82, 2.24) is 14.9 Å². The molecule has 1 aliphatic rings. The quantitative estimate of drug-likeness (QED) is 0.346. The highest BCUT2D eigenvalue weighted by molar-refractivity contribution is 6.31. The number of carbonyl (C=O) groups excluding carboxylic acids is 2. The third kappa shape index (κ3) is 4.09. The van der Waals surface area contributed by atoms with Crippen LogP contribution in [-0.4, -0.2) is 53.3 Å². The molecule has 1 atom stereocenters. The standard InChI is InChI=1S/C24H23ClN4O2/c1-15-6-9-26-20(12-15)23(31)21-13-16-4-5-17(14-19(16)28-21)24(25)18(7-10-27-24)22(30)8-11-29(2)3/h4-7,9-10,12-14,28H,8,11H2,1-3H3. The average Bonchev–Trinajstić information content (AvgIpc) is 3.35. The summed E-state index contributed by atoms with van der Waals surface area (Å²) in [6, 6.07) is 11.0. The molecule has 1 unspecified atom stereocenters. The minimum atomic E-state index is -1.26. The van der Waals surface area contributed by atoms with Crippen molar-refractivity contribution in [3.63, 3.8) is 0 Å². The third-order valence-corrected chi connectivity index (χ3v) is 5.85. The lowest BCUT2D eigenvalue weighted by molar-refractivity contribution is -0.116. The second-order valence-corrected chi connectivity index (χ2v) is 8.54. The lowest BCUT2D eigenvalue weighted by Crippen LogP contribution is -2.25. The van der Waals surface area contributed by atoms with E-state index in [1.807, 2.05) is 50.2 Å². The van der Waals surface area contributed by atoms with Crippen LogP contribution >= 0.6 is 11.6 Å². The number of benzene rings is 1. The van der Waals surface area contributed by atoms with Crippen molar-refractivity contribution < 1.29 is 9.59 Å². The number of hydrogen-bond acceptors (Lipinski definition) is 5. The zero-order chi connectivity index (χ0) is 22.2. The molecule has 7 heteroatoms. The van der Waals surface area contributed by atoms with Gasteiger partial charge in [0.15, 0.2) is 10.8 Å². The van der Waals surface area contributed by atoms with Crippen LogP contribution in [0.25, 0.3) is 10.9 Å². The van der Waals surface area contributed by atoms with Crippen LogP contribution in [0.15, 0.2) is 59.2 Å². The number of aliphatic imine (C=N–C) groups is 1. The number of hydrogen-bond donors (Lipinski definition) is 1. The van der Waals surface area contributed by atoms with Crippen LogP contribution in [0.5, 0.6) is 0 Å². The van der Waals surface area contributed by atoms with Crippen molar-refractivity contribution in [2.45, 2.75) is 18.3 Å². The molecule has 1 aromatic carbocycles. The molecule has 6 nitrogen and oxygen atoms in total. The predicted molar refractivity (Wildman–Crippen MR) is 123 cm³/mol. The summed E-state index contributed by atoms with van der Waals surface area (Å²) in [6.45, 7) is 2.56. The molecule has 3 aromatic rings. The second-order valence-electron chi connectivity index (χ2n) is 7.99. The Labute approximate surface area is 185 Å². The molecular formula is C24H23ClN4O2. The van der Waals surface area contributed by atoms with Gasteiger partial charge in [-0.25, -0.2) is 0 Å². The molecule has 0 spiro atoms. The number of nitrogens with one attached hydrogen (secondary N) is 1. The van der Waals surface area contributed by atoms with Gasteiger partial charge in [0.05, 0.1) is 5.69 Å². The Morgan fingerprint density at radius 3 is 2.71 bits per heavy atom. The molecule has 1 N–H and O–H groups in total. The Bertz CT molecular complexity index is 1240. The van der Waals surface area contributed by atoms with Gasteiger partial charge >= 0.3 is 0 Å². The normalized spacial score (nSPS) is 18.0. The van der Waals surface area contributed by atoms with E-state index in [1.54, 1.807) is 30.6 Å². The number of halogens is 1. The Morgan fingerprint density at radius 1 is 1.16 bits per heavy atom. The summed E-state index contributed by atoms with van der Waals surface area (Å²) in [7, 11) is 3.84. The molecule has 3 heterocycles. The molecular weight excluding hydrogens is 412 g/mol. The number of pyridine rings is 1. The summed E-state index contributed by atoms with van der Waals surface area (Å²) in [5, 5.41) is 0.867. The second kappa shape index (κ2) is 8.21. The Kier molecular flexibility index (Phi) is 5.60. The monoisotopic (exact) mass is 434 g/mol. The number of alkyl halides is 1. The number of aromatic nitrogens is 2. The number of aromatic amines is 1. The molecule has 31 heavy (non-hydrogen) atoms. The summed E-state index contributed by atoms with van der Waals surface area (Å²) in [4.78, 5) is 38.0. The molecule has 0 saturated heterocycles. The molecule has 158 valence electrons. The lowest BCUT2D eigenvalue weighted by atomic mass is 9.94. The first-order chi connectivity index (χ1) is 14.8.